The van der Waals surface area contributed by atoms with Gasteiger partial charge in [-0.25, -0.2) is 9.69 Å². The molecule has 106 valence electrons. The monoisotopic (exact) mass is 279 g/mol. The maximum absolute atomic E-state index is 11.7. The smallest absolute Gasteiger partial charge is 0.416 e. The van der Waals surface area contributed by atoms with Crippen molar-refractivity contribution < 1.29 is 29.0 Å². The van der Waals surface area contributed by atoms with E-state index < -0.39 is 18.0 Å². The summed E-state index contributed by atoms with van der Waals surface area (Å²) in [6.45, 7) is 0.167. The van der Waals surface area contributed by atoms with E-state index in [2.05, 4.69) is 4.74 Å². The second kappa shape index (κ2) is 6.05. The van der Waals surface area contributed by atoms with Gasteiger partial charge in [0, 0.05) is 0 Å². The van der Waals surface area contributed by atoms with Crippen LogP contribution in [-0.4, -0.2) is 47.7 Å². The molecule has 1 aliphatic rings. The van der Waals surface area contributed by atoms with Crippen LogP contribution in [0.1, 0.15) is 5.56 Å². The molecule has 2 rings (SSSR count). The minimum Gasteiger partial charge on any atom is -0.484 e. The first kappa shape index (κ1) is 13.9. The van der Waals surface area contributed by atoms with Crippen LogP contribution in [0.15, 0.2) is 24.3 Å². The molecule has 1 aliphatic heterocycles. The summed E-state index contributed by atoms with van der Waals surface area (Å²) in [6.07, 6.45) is -0.728. The number of carbonyl (C=O) groups is 3. The van der Waals surface area contributed by atoms with Crippen molar-refractivity contribution in [3.8, 4) is 5.75 Å². The van der Waals surface area contributed by atoms with Gasteiger partial charge < -0.3 is 14.6 Å². The van der Waals surface area contributed by atoms with Gasteiger partial charge in [0.1, 0.15) is 12.4 Å². The van der Waals surface area contributed by atoms with Gasteiger partial charge >= 0.3 is 12.1 Å². The van der Waals surface area contributed by atoms with E-state index in [9.17, 15) is 14.4 Å². The van der Waals surface area contributed by atoms with Gasteiger partial charge in [0.25, 0.3) is 5.91 Å². The number of carboxylic acid groups (broad SMARTS) is 1. The minimum atomic E-state index is -0.915. The van der Waals surface area contributed by atoms with Crippen molar-refractivity contribution in [1.82, 2.24) is 4.90 Å². The molecular formula is C13H13NO6. The number of carbonyl (C=O) groups excluding carboxylic acids is 2. The standard InChI is InChI=1S/C13H13NO6/c15-11(14-5-6-19-13(14)18)8-20-10-3-1-9(2-4-10)7-12(16)17/h1-4H,5-8H2,(H,16,17). The minimum absolute atomic E-state index is 0.0706. The van der Waals surface area contributed by atoms with E-state index in [1.165, 1.54) is 0 Å². The van der Waals surface area contributed by atoms with Crippen LogP contribution in [0.3, 0.4) is 0 Å². The molecule has 1 fully saturated rings. The third kappa shape index (κ3) is 3.47. The van der Waals surface area contributed by atoms with E-state index in [1.807, 2.05) is 0 Å². The average molecular weight is 279 g/mol. The summed E-state index contributed by atoms with van der Waals surface area (Å²) in [5.74, 6) is -0.955. The first-order valence-corrected chi connectivity index (χ1v) is 5.97. The van der Waals surface area contributed by atoms with Crippen molar-refractivity contribution in [1.29, 1.82) is 0 Å². The Morgan fingerprint density at radius 3 is 2.55 bits per heavy atom. The zero-order valence-electron chi connectivity index (χ0n) is 10.6. The molecule has 7 nitrogen and oxygen atoms in total. The van der Waals surface area contributed by atoms with Crippen LogP contribution in [0.5, 0.6) is 5.75 Å². The van der Waals surface area contributed by atoms with Crippen molar-refractivity contribution in [2.24, 2.45) is 0 Å². The van der Waals surface area contributed by atoms with E-state index in [4.69, 9.17) is 9.84 Å². The predicted molar refractivity (Wildman–Crippen MR) is 66.3 cm³/mol. The lowest BCUT2D eigenvalue weighted by molar-refractivity contribution is -0.136. The van der Waals surface area contributed by atoms with Gasteiger partial charge in [-0.2, -0.15) is 0 Å². The number of ether oxygens (including phenoxy) is 2. The molecule has 1 heterocycles. The zero-order chi connectivity index (χ0) is 14.5. The van der Waals surface area contributed by atoms with Crippen LogP contribution in [0.2, 0.25) is 0 Å². The number of benzene rings is 1. The SMILES string of the molecule is O=C(O)Cc1ccc(OCC(=O)N2CCOC2=O)cc1. The van der Waals surface area contributed by atoms with E-state index in [-0.39, 0.29) is 26.2 Å². The van der Waals surface area contributed by atoms with Crippen molar-refractivity contribution in [2.75, 3.05) is 19.8 Å². The maximum Gasteiger partial charge on any atom is 0.416 e. The fourth-order valence-electron chi connectivity index (χ4n) is 1.72. The van der Waals surface area contributed by atoms with Crippen LogP contribution in [0.4, 0.5) is 4.79 Å². The van der Waals surface area contributed by atoms with Crippen LogP contribution >= 0.6 is 0 Å². The summed E-state index contributed by atoms with van der Waals surface area (Å²) in [6, 6.07) is 6.37. The average Bonchev–Trinajstić information content (AvgIpc) is 2.83. The molecule has 0 aliphatic carbocycles. The second-order valence-electron chi connectivity index (χ2n) is 4.16. The maximum atomic E-state index is 11.7. The summed E-state index contributed by atoms with van der Waals surface area (Å²) >= 11 is 0. The summed E-state index contributed by atoms with van der Waals surface area (Å²) in [4.78, 5) is 34.3. The number of hydrogen-bond acceptors (Lipinski definition) is 5. The number of carboxylic acids is 1. The predicted octanol–water partition coefficient (Wildman–Crippen LogP) is 0.671. The Kier molecular flexibility index (Phi) is 4.19. The Bertz CT molecular complexity index is 524. The Morgan fingerprint density at radius 1 is 1.30 bits per heavy atom. The summed E-state index contributed by atoms with van der Waals surface area (Å²) in [7, 11) is 0. The van der Waals surface area contributed by atoms with Crippen LogP contribution in [-0.2, 0) is 20.7 Å². The van der Waals surface area contributed by atoms with E-state index in [1.54, 1.807) is 24.3 Å². The number of cyclic esters (lactones) is 1. The Hall–Kier alpha value is -2.57. The first-order valence-electron chi connectivity index (χ1n) is 5.97. The molecular weight excluding hydrogens is 266 g/mol. The highest BCUT2D eigenvalue weighted by Crippen LogP contribution is 2.13. The number of hydrogen-bond donors (Lipinski definition) is 1. The van der Waals surface area contributed by atoms with Crippen molar-refractivity contribution >= 4 is 18.0 Å². The van der Waals surface area contributed by atoms with Gasteiger partial charge in [-0.1, -0.05) is 12.1 Å². The molecule has 2 amide bonds. The molecule has 0 aromatic heterocycles. The third-order valence-corrected chi connectivity index (χ3v) is 2.70. The normalized spacial score (nSPS) is 14.0. The number of aliphatic carboxylic acids is 1. The second-order valence-corrected chi connectivity index (χ2v) is 4.16. The largest absolute Gasteiger partial charge is 0.484 e. The molecule has 1 N–H and O–H groups in total. The molecule has 0 saturated carbocycles. The zero-order valence-corrected chi connectivity index (χ0v) is 10.6. The quantitative estimate of drug-likeness (QED) is 0.851. The van der Waals surface area contributed by atoms with Crippen LogP contribution in [0, 0.1) is 0 Å². The lowest BCUT2D eigenvalue weighted by Gasteiger charge is -2.11. The molecule has 1 aromatic rings. The molecule has 0 unspecified atom stereocenters. The number of rotatable bonds is 5. The molecule has 1 aromatic carbocycles. The molecule has 0 spiro atoms. The molecule has 0 atom stereocenters. The van der Waals surface area contributed by atoms with Gasteiger partial charge in [-0.05, 0) is 17.7 Å². The number of imide groups is 1. The van der Waals surface area contributed by atoms with Gasteiger partial charge in [-0.15, -0.1) is 0 Å². The first-order chi connectivity index (χ1) is 9.56. The molecule has 7 heteroatoms. The number of amides is 2. The summed E-state index contributed by atoms with van der Waals surface area (Å²) in [5.41, 5.74) is 0.638. The topological polar surface area (TPSA) is 93.1 Å². The lowest BCUT2D eigenvalue weighted by atomic mass is 10.1. The highest BCUT2D eigenvalue weighted by molar-refractivity contribution is 5.93. The third-order valence-electron chi connectivity index (χ3n) is 2.70. The molecule has 1 saturated heterocycles. The van der Waals surface area contributed by atoms with Gasteiger partial charge in [-0.3, -0.25) is 9.59 Å². The van der Waals surface area contributed by atoms with Crippen LogP contribution < -0.4 is 4.74 Å². The van der Waals surface area contributed by atoms with E-state index in [0.29, 0.717) is 11.3 Å². The Labute approximate surface area is 114 Å². The Morgan fingerprint density at radius 2 is 2.00 bits per heavy atom. The molecule has 20 heavy (non-hydrogen) atoms. The fraction of sp³-hybridized carbons (Fsp3) is 0.308. The van der Waals surface area contributed by atoms with Crippen molar-refractivity contribution in [2.45, 2.75) is 6.42 Å². The Balaban J connectivity index is 1.86. The number of nitrogens with zero attached hydrogens (tertiary/aromatic N) is 1. The van der Waals surface area contributed by atoms with Gasteiger partial charge in [0.05, 0.1) is 13.0 Å². The van der Waals surface area contributed by atoms with Gasteiger partial charge in [0.15, 0.2) is 6.61 Å². The summed E-state index contributed by atoms with van der Waals surface area (Å²) < 4.78 is 9.89. The van der Waals surface area contributed by atoms with E-state index in [0.717, 1.165) is 4.90 Å². The highest BCUT2D eigenvalue weighted by Gasteiger charge is 2.28. The van der Waals surface area contributed by atoms with Crippen LogP contribution in [0.25, 0.3) is 0 Å². The summed E-state index contributed by atoms with van der Waals surface area (Å²) in [5, 5.41) is 8.63. The van der Waals surface area contributed by atoms with Crippen molar-refractivity contribution in [3.05, 3.63) is 29.8 Å². The van der Waals surface area contributed by atoms with E-state index >= 15 is 0 Å². The molecule has 0 bridgehead atoms. The van der Waals surface area contributed by atoms with Gasteiger partial charge in [0.2, 0.25) is 0 Å². The van der Waals surface area contributed by atoms with Crippen molar-refractivity contribution in [3.63, 3.8) is 0 Å². The highest BCUT2D eigenvalue weighted by atomic mass is 16.6. The lowest BCUT2D eigenvalue weighted by Crippen LogP contribution is -2.35. The fourth-order valence-corrected chi connectivity index (χ4v) is 1.72. The molecule has 0 radical (unpaired) electrons.